The van der Waals surface area contributed by atoms with E-state index in [-0.39, 0.29) is 6.61 Å². The molecule has 0 aromatic rings. The van der Waals surface area contributed by atoms with E-state index in [4.69, 9.17) is 10.2 Å². The van der Waals surface area contributed by atoms with Crippen LogP contribution in [0.2, 0.25) is 0 Å². The molecule has 14 heavy (non-hydrogen) atoms. The van der Waals surface area contributed by atoms with Crippen LogP contribution in [0, 0.1) is 5.92 Å². The zero-order chi connectivity index (χ0) is 11.0. The fraction of sp³-hybridized carbons (Fsp3) is 0.900. The molecule has 0 saturated heterocycles. The Kier molecular flexibility index (Phi) is 7.42. The van der Waals surface area contributed by atoms with Crippen molar-refractivity contribution in [2.45, 2.75) is 39.2 Å². The molecule has 0 aliphatic heterocycles. The fourth-order valence-electron chi connectivity index (χ4n) is 1.22. The highest BCUT2D eigenvalue weighted by Crippen LogP contribution is 2.03. The van der Waals surface area contributed by atoms with Gasteiger partial charge in [0.25, 0.3) is 0 Å². The third-order valence-corrected chi connectivity index (χ3v) is 2.28. The number of carbonyl (C=O) groups is 1. The molecule has 0 rings (SSSR count). The Balaban J connectivity index is 3.47. The maximum atomic E-state index is 10.6. The second kappa shape index (κ2) is 7.76. The lowest BCUT2D eigenvalue weighted by Gasteiger charge is -2.13. The minimum absolute atomic E-state index is 0.205. The lowest BCUT2D eigenvalue weighted by Crippen LogP contribution is -2.36. The predicted molar refractivity (Wildman–Crippen MR) is 55.2 cm³/mol. The van der Waals surface area contributed by atoms with Gasteiger partial charge in [0.1, 0.15) is 6.04 Å². The summed E-state index contributed by atoms with van der Waals surface area (Å²) in [7, 11) is 0. The zero-order valence-electron chi connectivity index (χ0n) is 8.99. The van der Waals surface area contributed by atoms with Crippen molar-refractivity contribution in [3.63, 3.8) is 0 Å². The molecule has 0 fully saturated rings. The van der Waals surface area contributed by atoms with E-state index >= 15 is 0 Å². The summed E-state index contributed by atoms with van der Waals surface area (Å²) in [4.78, 5) is 10.6. The van der Waals surface area contributed by atoms with Crippen LogP contribution >= 0.6 is 0 Å². The highest BCUT2D eigenvalue weighted by atomic mass is 16.4. The van der Waals surface area contributed by atoms with Crippen LogP contribution in [0.3, 0.4) is 0 Å². The molecule has 2 atom stereocenters. The second-order valence-corrected chi connectivity index (χ2v) is 3.68. The monoisotopic (exact) mass is 203 g/mol. The van der Waals surface area contributed by atoms with Crippen molar-refractivity contribution in [2.24, 2.45) is 5.92 Å². The Morgan fingerprint density at radius 1 is 1.50 bits per heavy atom. The Morgan fingerprint density at radius 2 is 2.14 bits per heavy atom. The smallest absolute Gasteiger partial charge is 0.320 e. The van der Waals surface area contributed by atoms with E-state index in [2.05, 4.69) is 5.32 Å². The molecule has 4 nitrogen and oxygen atoms in total. The Morgan fingerprint density at radius 3 is 2.57 bits per heavy atom. The summed E-state index contributed by atoms with van der Waals surface area (Å²) in [5, 5.41) is 20.5. The molecule has 0 spiro atoms. The molecule has 0 aliphatic rings. The molecule has 3 N–H and O–H groups in total. The predicted octanol–water partition coefficient (Wildman–Crippen LogP) is 0.848. The van der Waals surface area contributed by atoms with Crippen molar-refractivity contribution >= 4 is 5.97 Å². The van der Waals surface area contributed by atoms with E-state index in [1.165, 1.54) is 0 Å². The number of nitrogens with one attached hydrogen (secondary N) is 1. The molecule has 0 aromatic carbocycles. The van der Waals surface area contributed by atoms with E-state index in [1.54, 1.807) is 0 Å². The van der Waals surface area contributed by atoms with Gasteiger partial charge in [0.2, 0.25) is 0 Å². The lowest BCUT2D eigenvalue weighted by atomic mass is 10.1. The van der Waals surface area contributed by atoms with Gasteiger partial charge < -0.3 is 15.5 Å². The minimum Gasteiger partial charge on any atom is -0.480 e. The third kappa shape index (κ3) is 5.94. The summed E-state index contributed by atoms with van der Waals surface area (Å²) in [6, 6.07) is -0.431. The fourth-order valence-corrected chi connectivity index (χ4v) is 1.22. The van der Waals surface area contributed by atoms with Crippen LogP contribution in [0.1, 0.15) is 33.1 Å². The number of hydrogen-bond acceptors (Lipinski definition) is 3. The van der Waals surface area contributed by atoms with Crippen LogP contribution in [0.5, 0.6) is 0 Å². The lowest BCUT2D eigenvalue weighted by molar-refractivity contribution is -0.139. The van der Waals surface area contributed by atoms with Gasteiger partial charge in [0, 0.05) is 6.61 Å². The van der Waals surface area contributed by atoms with Crippen molar-refractivity contribution in [3.05, 3.63) is 0 Å². The van der Waals surface area contributed by atoms with Crippen LogP contribution in [-0.2, 0) is 4.79 Å². The summed E-state index contributed by atoms with van der Waals surface area (Å²) in [5.74, 6) is -0.482. The summed E-state index contributed by atoms with van der Waals surface area (Å²) >= 11 is 0. The molecule has 0 aliphatic carbocycles. The van der Waals surface area contributed by atoms with E-state index in [1.807, 2.05) is 13.8 Å². The minimum atomic E-state index is -0.789. The van der Waals surface area contributed by atoms with Crippen molar-refractivity contribution in [1.82, 2.24) is 5.32 Å². The van der Waals surface area contributed by atoms with Gasteiger partial charge >= 0.3 is 5.97 Å². The highest BCUT2D eigenvalue weighted by Gasteiger charge is 2.12. The average molecular weight is 203 g/mol. The number of hydrogen-bond donors (Lipinski definition) is 3. The van der Waals surface area contributed by atoms with Crippen LogP contribution in [0.15, 0.2) is 0 Å². The van der Waals surface area contributed by atoms with Gasteiger partial charge in [-0.25, -0.2) is 0 Å². The van der Waals surface area contributed by atoms with Gasteiger partial charge in [-0.05, 0) is 31.7 Å². The molecule has 4 heteroatoms. The van der Waals surface area contributed by atoms with Crippen molar-refractivity contribution in [3.8, 4) is 0 Å². The van der Waals surface area contributed by atoms with Gasteiger partial charge in [-0.15, -0.1) is 0 Å². The molecule has 0 radical (unpaired) electrons. The standard InChI is InChI=1S/C10H21NO3/c1-3-9(10(13)14)11-6-4-5-8(2)7-12/h8-9,11-12H,3-7H2,1-2H3,(H,13,14). The van der Waals surface area contributed by atoms with Gasteiger partial charge in [0.05, 0.1) is 0 Å². The summed E-state index contributed by atoms with van der Waals surface area (Å²) in [5.41, 5.74) is 0. The highest BCUT2D eigenvalue weighted by molar-refractivity contribution is 5.73. The molecule has 0 aromatic heterocycles. The number of aliphatic carboxylic acids is 1. The Hall–Kier alpha value is -0.610. The van der Waals surface area contributed by atoms with Gasteiger partial charge in [-0.1, -0.05) is 13.8 Å². The first-order valence-electron chi connectivity index (χ1n) is 5.18. The second-order valence-electron chi connectivity index (χ2n) is 3.68. The summed E-state index contributed by atoms with van der Waals surface area (Å²) in [6.45, 7) is 4.74. The number of aliphatic hydroxyl groups excluding tert-OH is 1. The summed E-state index contributed by atoms with van der Waals surface area (Å²) < 4.78 is 0. The maximum Gasteiger partial charge on any atom is 0.320 e. The maximum absolute atomic E-state index is 10.6. The van der Waals surface area contributed by atoms with E-state index in [0.29, 0.717) is 18.9 Å². The molecule has 0 amide bonds. The topological polar surface area (TPSA) is 69.6 Å². The first kappa shape index (κ1) is 13.4. The molecule has 84 valence electrons. The Bertz CT molecular complexity index is 161. The molecular formula is C10H21NO3. The van der Waals surface area contributed by atoms with Crippen LogP contribution in [0.25, 0.3) is 0 Å². The van der Waals surface area contributed by atoms with Crippen LogP contribution in [0.4, 0.5) is 0 Å². The van der Waals surface area contributed by atoms with Gasteiger partial charge in [-0.3, -0.25) is 4.79 Å². The third-order valence-electron chi connectivity index (χ3n) is 2.28. The van der Waals surface area contributed by atoms with Gasteiger partial charge in [0.15, 0.2) is 0 Å². The zero-order valence-corrected chi connectivity index (χ0v) is 8.99. The quantitative estimate of drug-likeness (QED) is 0.511. The van der Waals surface area contributed by atoms with E-state index in [0.717, 1.165) is 12.8 Å². The number of carboxylic acid groups (broad SMARTS) is 1. The van der Waals surface area contributed by atoms with E-state index in [9.17, 15) is 4.79 Å². The first-order valence-corrected chi connectivity index (χ1v) is 5.18. The van der Waals surface area contributed by atoms with E-state index < -0.39 is 12.0 Å². The van der Waals surface area contributed by atoms with Crippen LogP contribution in [-0.4, -0.2) is 35.4 Å². The molecule has 2 unspecified atom stereocenters. The molecule has 0 heterocycles. The van der Waals surface area contributed by atoms with Crippen molar-refractivity contribution < 1.29 is 15.0 Å². The number of rotatable bonds is 8. The number of aliphatic hydroxyl groups is 1. The van der Waals surface area contributed by atoms with Crippen molar-refractivity contribution in [1.29, 1.82) is 0 Å². The SMILES string of the molecule is CCC(NCCCC(C)CO)C(=O)O. The van der Waals surface area contributed by atoms with Crippen molar-refractivity contribution in [2.75, 3.05) is 13.2 Å². The molecular weight excluding hydrogens is 182 g/mol. The van der Waals surface area contributed by atoms with Gasteiger partial charge in [-0.2, -0.15) is 0 Å². The average Bonchev–Trinajstić information content (AvgIpc) is 2.16. The number of carboxylic acids is 1. The summed E-state index contributed by atoms with van der Waals surface area (Å²) in [6.07, 6.45) is 2.44. The molecule has 0 bridgehead atoms. The first-order chi connectivity index (χ1) is 6.61. The Labute approximate surface area is 85.3 Å². The van der Waals surface area contributed by atoms with Crippen LogP contribution < -0.4 is 5.32 Å². The normalized spacial score (nSPS) is 15.1. The largest absolute Gasteiger partial charge is 0.480 e. The molecule has 0 saturated carbocycles.